The molecule has 0 saturated carbocycles. The molecule has 0 aliphatic rings. The Hall–Kier alpha value is -0.420. The van der Waals surface area contributed by atoms with Crippen LogP contribution >= 0.6 is 0 Å². The van der Waals surface area contributed by atoms with Crippen molar-refractivity contribution in [2.45, 2.75) is 58.3 Å². The third kappa shape index (κ3) is 11.7. The third-order valence-corrected chi connectivity index (χ3v) is 2.88. The third-order valence-electron chi connectivity index (χ3n) is 2.46. The number of rotatable bonds is 11. The van der Waals surface area contributed by atoms with Crippen LogP contribution in [0.25, 0.3) is 0 Å². The summed E-state index contributed by atoms with van der Waals surface area (Å²) in [5, 5.41) is 0. The number of ketones is 1. The van der Waals surface area contributed by atoms with Gasteiger partial charge in [0.1, 0.15) is 5.78 Å². The minimum absolute atomic E-state index is 0.0206. The predicted octanol–water partition coefficient (Wildman–Crippen LogP) is 1.81. The first-order valence-corrected chi connectivity index (χ1v) is 7.24. The molecule has 0 atom stereocenters. The van der Waals surface area contributed by atoms with Crippen LogP contribution in [-0.2, 0) is 15.7 Å². The molecule has 0 aromatic carbocycles. The fourth-order valence-corrected chi connectivity index (χ4v) is 1.83. The zero-order valence-electron chi connectivity index (χ0n) is 10.0. The Morgan fingerprint density at radius 1 is 1.00 bits per heavy atom. The van der Waals surface area contributed by atoms with E-state index in [9.17, 15) is 13.2 Å². The van der Waals surface area contributed by atoms with E-state index in [2.05, 4.69) is 11.6 Å². The molecule has 0 aromatic rings. The van der Waals surface area contributed by atoms with Gasteiger partial charge in [0.15, 0.2) is 0 Å². The zero-order chi connectivity index (χ0) is 12.2. The Kier molecular flexibility index (Phi) is 10.8. The van der Waals surface area contributed by atoms with E-state index in [0.717, 1.165) is 12.8 Å². The molecule has 1 N–H and O–H groups in total. The van der Waals surface area contributed by atoms with Crippen LogP contribution in [0.1, 0.15) is 58.3 Å². The Morgan fingerprint density at radius 2 is 1.56 bits per heavy atom. The monoisotopic (exact) mass is 249 g/mol. The fraction of sp³-hybridized carbons (Fsp3) is 0.909. The summed E-state index contributed by atoms with van der Waals surface area (Å²) in [6.45, 7) is 2.14. The summed E-state index contributed by atoms with van der Waals surface area (Å²) in [5.74, 6) is -0.0206. The van der Waals surface area contributed by atoms with E-state index in [1.54, 1.807) is 0 Å². The van der Waals surface area contributed by atoms with Crippen molar-refractivity contribution in [1.29, 1.82) is 0 Å². The molecule has 0 spiro atoms. The second kappa shape index (κ2) is 11.1. The highest BCUT2D eigenvalue weighted by Gasteiger charge is 2.01. The molecule has 0 aromatic heterocycles. The summed E-state index contributed by atoms with van der Waals surface area (Å²) in [4.78, 5) is 11.2. The highest BCUT2D eigenvalue weighted by molar-refractivity contribution is 7.70. The van der Waals surface area contributed by atoms with Gasteiger partial charge >= 0.3 is 0 Å². The quantitative estimate of drug-likeness (QED) is 0.433. The lowest BCUT2D eigenvalue weighted by atomic mass is 10.1. The Balaban J connectivity index is 3.21. The van der Waals surface area contributed by atoms with E-state index in [0.29, 0.717) is 6.42 Å². The van der Waals surface area contributed by atoms with E-state index in [1.807, 2.05) is 0 Å². The second-order valence-corrected chi connectivity index (χ2v) is 4.83. The number of carbonyl (C=O) groups is 1. The number of hydrogen-bond donors (Lipinski definition) is 2. The molecule has 0 bridgehead atoms. The smallest absolute Gasteiger partial charge is 0.201 e. The summed E-state index contributed by atoms with van der Waals surface area (Å²) < 4.78 is 22.4. The standard InChI is InChI=1S/C11H23NO3S/c1-2-3-4-5-6-7-8-9-11(13)10-12-16(14)15/h16H,2-10H2,1H3,(H,12,14,15). The predicted molar refractivity (Wildman–Crippen MR) is 65.9 cm³/mol. The van der Waals surface area contributed by atoms with E-state index in [-0.39, 0.29) is 12.3 Å². The minimum Gasteiger partial charge on any atom is -0.298 e. The van der Waals surface area contributed by atoms with Crippen LogP contribution in [0, 0.1) is 0 Å². The van der Waals surface area contributed by atoms with E-state index in [1.165, 1.54) is 32.1 Å². The van der Waals surface area contributed by atoms with Gasteiger partial charge in [-0.1, -0.05) is 45.4 Å². The summed E-state index contributed by atoms with van der Waals surface area (Å²) >= 11 is 0. The molecule has 0 heterocycles. The number of thiol groups is 1. The lowest BCUT2D eigenvalue weighted by molar-refractivity contribution is -0.118. The van der Waals surface area contributed by atoms with Gasteiger partial charge in [-0.2, -0.15) is 0 Å². The van der Waals surface area contributed by atoms with Crippen LogP contribution in [-0.4, -0.2) is 20.7 Å². The molecule has 0 saturated heterocycles. The molecular formula is C11H23NO3S. The second-order valence-electron chi connectivity index (χ2n) is 4.00. The van der Waals surface area contributed by atoms with Gasteiger partial charge in [-0.25, -0.2) is 13.1 Å². The van der Waals surface area contributed by atoms with Gasteiger partial charge in [0, 0.05) is 6.42 Å². The molecule has 0 radical (unpaired) electrons. The summed E-state index contributed by atoms with van der Waals surface area (Å²) in [5.41, 5.74) is 0. The first-order valence-electron chi connectivity index (χ1n) is 6.06. The highest BCUT2D eigenvalue weighted by atomic mass is 32.2. The van der Waals surface area contributed by atoms with Crippen LogP contribution in [0.4, 0.5) is 0 Å². The summed E-state index contributed by atoms with van der Waals surface area (Å²) in [6, 6.07) is 0. The van der Waals surface area contributed by atoms with Gasteiger partial charge in [0.25, 0.3) is 0 Å². The molecule has 96 valence electrons. The molecule has 0 amide bonds. The molecule has 0 rings (SSSR count). The lowest BCUT2D eigenvalue weighted by Crippen LogP contribution is -2.20. The Bertz CT molecular complexity index is 244. The van der Waals surface area contributed by atoms with Crippen molar-refractivity contribution in [3.05, 3.63) is 0 Å². The van der Waals surface area contributed by atoms with Gasteiger partial charge in [0.2, 0.25) is 10.9 Å². The molecule has 5 heteroatoms. The van der Waals surface area contributed by atoms with Gasteiger partial charge in [-0.05, 0) is 6.42 Å². The van der Waals surface area contributed by atoms with E-state index in [4.69, 9.17) is 0 Å². The molecule has 0 fully saturated rings. The number of hydrogen-bond acceptors (Lipinski definition) is 3. The highest BCUT2D eigenvalue weighted by Crippen LogP contribution is 2.08. The van der Waals surface area contributed by atoms with Crippen LogP contribution in [0.5, 0.6) is 0 Å². The molecule has 0 unspecified atom stereocenters. The summed E-state index contributed by atoms with van der Waals surface area (Å²) in [7, 11) is -2.63. The molecule has 16 heavy (non-hydrogen) atoms. The largest absolute Gasteiger partial charge is 0.298 e. The molecular weight excluding hydrogens is 226 g/mol. The van der Waals surface area contributed by atoms with Gasteiger partial charge in [-0.15, -0.1) is 0 Å². The maximum Gasteiger partial charge on any atom is 0.201 e. The van der Waals surface area contributed by atoms with Crippen molar-refractivity contribution in [2.75, 3.05) is 6.54 Å². The van der Waals surface area contributed by atoms with Gasteiger partial charge in [0.05, 0.1) is 6.54 Å². The van der Waals surface area contributed by atoms with Crippen molar-refractivity contribution in [3.8, 4) is 0 Å². The van der Waals surface area contributed by atoms with Crippen molar-refractivity contribution < 1.29 is 13.2 Å². The number of Topliss-reactive ketones (excluding diaryl/α,β-unsaturated/α-hetero) is 1. The van der Waals surface area contributed by atoms with Crippen molar-refractivity contribution in [3.63, 3.8) is 0 Å². The lowest BCUT2D eigenvalue weighted by Gasteiger charge is -2.00. The molecule has 4 nitrogen and oxygen atoms in total. The fourth-order valence-electron chi connectivity index (χ4n) is 1.52. The van der Waals surface area contributed by atoms with Crippen LogP contribution in [0.3, 0.4) is 0 Å². The van der Waals surface area contributed by atoms with Gasteiger partial charge in [-0.3, -0.25) is 4.79 Å². The maximum absolute atomic E-state index is 11.2. The van der Waals surface area contributed by atoms with Crippen LogP contribution in [0.15, 0.2) is 0 Å². The average molecular weight is 249 g/mol. The normalized spacial score (nSPS) is 10.9. The Morgan fingerprint density at radius 3 is 2.12 bits per heavy atom. The SMILES string of the molecule is CCCCCCCCCC(=O)CN[SH](=O)=O. The number of carbonyl (C=O) groups excluding carboxylic acids is 1. The topological polar surface area (TPSA) is 63.2 Å². The molecule has 0 aliphatic carbocycles. The summed E-state index contributed by atoms with van der Waals surface area (Å²) in [6.07, 6.45) is 8.67. The van der Waals surface area contributed by atoms with Gasteiger partial charge < -0.3 is 0 Å². The first kappa shape index (κ1) is 15.6. The average Bonchev–Trinajstić information content (AvgIpc) is 2.25. The number of nitrogens with one attached hydrogen (secondary N) is 1. The van der Waals surface area contributed by atoms with Crippen molar-refractivity contribution in [1.82, 2.24) is 4.72 Å². The minimum atomic E-state index is -2.63. The van der Waals surface area contributed by atoms with Crippen LogP contribution < -0.4 is 4.72 Å². The van der Waals surface area contributed by atoms with E-state index < -0.39 is 10.9 Å². The zero-order valence-corrected chi connectivity index (χ0v) is 10.9. The maximum atomic E-state index is 11.2. The number of unbranched alkanes of at least 4 members (excludes halogenated alkanes) is 6. The van der Waals surface area contributed by atoms with Crippen molar-refractivity contribution >= 4 is 16.7 Å². The van der Waals surface area contributed by atoms with Crippen LogP contribution in [0.2, 0.25) is 0 Å². The Labute approximate surface area is 99.9 Å². The molecule has 0 aliphatic heterocycles. The first-order chi connectivity index (χ1) is 7.66. The van der Waals surface area contributed by atoms with E-state index >= 15 is 0 Å². The van der Waals surface area contributed by atoms with Crippen molar-refractivity contribution in [2.24, 2.45) is 0 Å².